The van der Waals surface area contributed by atoms with E-state index in [0.29, 0.717) is 5.69 Å². The van der Waals surface area contributed by atoms with E-state index in [9.17, 15) is 4.79 Å². The van der Waals surface area contributed by atoms with E-state index in [0.717, 1.165) is 28.6 Å². The molecule has 6 nitrogen and oxygen atoms in total. The highest BCUT2D eigenvalue weighted by molar-refractivity contribution is 5.92. The quantitative estimate of drug-likeness (QED) is 0.633. The maximum Gasteiger partial charge on any atom is 0.321 e. The Kier molecular flexibility index (Phi) is 4.42. The topological polar surface area (TPSA) is 79.0 Å². The van der Waals surface area contributed by atoms with Gasteiger partial charge in [-0.3, -0.25) is 5.10 Å². The number of nitrogens with one attached hydrogen (secondary N) is 3. The van der Waals surface area contributed by atoms with Gasteiger partial charge in [0.2, 0.25) is 0 Å². The summed E-state index contributed by atoms with van der Waals surface area (Å²) in [6.45, 7) is 2.17. The third-order valence-electron chi connectivity index (χ3n) is 3.51. The van der Waals surface area contributed by atoms with Crippen LogP contribution in [0.2, 0.25) is 0 Å². The van der Waals surface area contributed by atoms with Crippen molar-refractivity contribution in [3.05, 3.63) is 54.2 Å². The van der Waals surface area contributed by atoms with Crippen molar-refractivity contribution >= 4 is 22.6 Å². The molecule has 0 saturated carbocycles. The highest BCUT2D eigenvalue weighted by Crippen LogP contribution is 2.18. The Hall–Kier alpha value is -3.02. The van der Waals surface area contributed by atoms with Crippen LogP contribution in [0.15, 0.2) is 48.7 Å². The molecule has 0 spiro atoms. The fraction of sp³-hybridized carbons (Fsp3) is 0.176. The number of aromatic nitrogens is 2. The zero-order chi connectivity index (χ0) is 16.1. The van der Waals surface area contributed by atoms with E-state index in [1.54, 1.807) is 6.20 Å². The van der Waals surface area contributed by atoms with Gasteiger partial charge in [-0.1, -0.05) is 25.1 Å². The normalized spacial score (nSPS) is 10.5. The third-order valence-corrected chi connectivity index (χ3v) is 3.51. The van der Waals surface area contributed by atoms with Crippen LogP contribution >= 0.6 is 0 Å². The molecule has 0 bridgehead atoms. The monoisotopic (exact) mass is 310 g/mol. The summed E-state index contributed by atoms with van der Waals surface area (Å²) in [4.78, 5) is 11.9. The maximum atomic E-state index is 11.9. The van der Waals surface area contributed by atoms with E-state index in [2.05, 4.69) is 27.8 Å². The molecule has 0 fully saturated rings. The lowest BCUT2D eigenvalue weighted by Crippen LogP contribution is -2.32. The lowest BCUT2D eigenvalue weighted by Gasteiger charge is -2.11. The molecule has 0 radical (unpaired) electrons. The fourth-order valence-corrected chi connectivity index (χ4v) is 2.31. The number of carbonyl (C=O) groups is 1. The van der Waals surface area contributed by atoms with Gasteiger partial charge in [-0.25, -0.2) is 4.79 Å². The van der Waals surface area contributed by atoms with Gasteiger partial charge < -0.3 is 15.4 Å². The summed E-state index contributed by atoms with van der Waals surface area (Å²) >= 11 is 0. The summed E-state index contributed by atoms with van der Waals surface area (Å²) < 4.78 is 5.61. The molecule has 3 aromatic rings. The van der Waals surface area contributed by atoms with Crippen molar-refractivity contribution in [1.82, 2.24) is 15.5 Å². The van der Waals surface area contributed by atoms with Gasteiger partial charge in [0.05, 0.1) is 11.7 Å². The molecule has 118 valence electrons. The Morgan fingerprint density at radius 2 is 2.13 bits per heavy atom. The number of hydrogen-bond acceptors (Lipinski definition) is 3. The molecular weight excluding hydrogens is 292 g/mol. The number of fused-ring (bicyclic) bond motifs is 1. The molecule has 0 atom stereocenters. The largest absolute Gasteiger partial charge is 0.473 e. The van der Waals surface area contributed by atoms with Crippen LogP contribution in [0.3, 0.4) is 0 Å². The summed E-state index contributed by atoms with van der Waals surface area (Å²) in [6.07, 6.45) is 2.62. The van der Waals surface area contributed by atoms with Crippen molar-refractivity contribution < 1.29 is 9.53 Å². The lowest BCUT2D eigenvalue weighted by atomic mass is 10.1. The zero-order valence-corrected chi connectivity index (χ0v) is 12.8. The van der Waals surface area contributed by atoms with Crippen molar-refractivity contribution in [2.24, 2.45) is 0 Å². The third kappa shape index (κ3) is 3.60. The average molecular weight is 310 g/mol. The molecule has 3 N–H and O–H groups in total. The molecule has 3 rings (SSSR count). The van der Waals surface area contributed by atoms with E-state index < -0.39 is 0 Å². The molecule has 0 saturated heterocycles. The van der Waals surface area contributed by atoms with Gasteiger partial charge in [0.15, 0.2) is 6.73 Å². The number of ether oxygens (including phenoxy) is 1. The van der Waals surface area contributed by atoms with Crippen LogP contribution in [0.5, 0.6) is 5.75 Å². The number of para-hydroxylation sites is 1. The summed E-state index contributed by atoms with van der Waals surface area (Å²) in [5.41, 5.74) is 2.67. The Balaban J connectivity index is 1.53. The Bertz CT molecular complexity index is 813. The summed E-state index contributed by atoms with van der Waals surface area (Å²) in [5, 5.41) is 13.2. The zero-order valence-electron chi connectivity index (χ0n) is 12.8. The predicted molar refractivity (Wildman–Crippen MR) is 89.6 cm³/mol. The van der Waals surface area contributed by atoms with Crippen LogP contribution in [0, 0.1) is 0 Å². The van der Waals surface area contributed by atoms with Gasteiger partial charge in [-0.15, -0.1) is 0 Å². The second kappa shape index (κ2) is 6.83. The van der Waals surface area contributed by atoms with Gasteiger partial charge in [-0.05, 0) is 36.2 Å². The van der Waals surface area contributed by atoms with E-state index in [-0.39, 0.29) is 12.8 Å². The Morgan fingerprint density at radius 1 is 1.26 bits per heavy atom. The number of nitrogens with zero attached hydrogens (tertiary/aromatic N) is 1. The second-order valence-corrected chi connectivity index (χ2v) is 5.05. The molecule has 1 heterocycles. The second-order valence-electron chi connectivity index (χ2n) is 5.05. The fourth-order valence-electron chi connectivity index (χ4n) is 2.31. The van der Waals surface area contributed by atoms with Gasteiger partial charge in [-0.2, -0.15) is 5.10 Å². The lowest BCUT2D eigenvalue weighted by molar-refractivity contribution is 0.234. The summed E-state index contributed by atoms with van der Waals surface area (Å²) in [7, 11) is 0. The van der Waals surface area contributed by atoms with E-state index in [4.69, 9.17) is 4.74 Å². The van der Waals surface area contributed by atoms with Gasteiger partial charge in [0.25, 0.3) is 0 Å². The molecule has 0 aliphatic heterocycles. The molecule has 0 aliphatic rings. The number of anilines is 1. The van der Waals surface area contributed by atoms with Gasteiger partial charge in [0.1, 0.15) is 5.75 Å². The number of benzene rings is 2. The highest BCUT2D eigenvalue weighted by Gasteiger charge is 2.04. The standard InChI is InChI=1S/C17H18N4O2/c1-2-12-5-3-4-6-16(12)23-11-18-17(22)20-14-8-7-13-10-19-21-15(13)9-14/h3-10H,2,11H2,1H3,(H,19,21)(H2,18,20,22). The average Bonchev–Trinajstić information content (AvgIpc) is 3.03. The van der Waals surface area contributed by atoms with Crippen LogP contribution in [0.4, 0.5) is 10.5 Å². The maximum absolute atomic E-state index is 11.9. The first-order valence-electron chi connectivity index (χ1n) is 7.45. The van der Waals surface area contributed by atoms with Gasteiger partial charge in [0, 0.05) is 11.1 Å². The Morgan fingerprint density at radius 3 is 3.00 bits per heavy atom. The van der Waals surface area contributed by atoms with Crippen molar-refractivity contribution in [3.8, 4) is 5.75 Å². The molecular formula is C17H18N4O2. The minimum atomic E-state index is -0.321. The van der Waals surface area contributed by atoms with Crippen molar-refractivity contribution in [3.63, 3.8) is 0 Å². The number of H-pyrrole nitrogens is 1. The molecule has 23 heavy (non-hydrogen) atoms. The van der Waals surface area contributed by atoms with Crippen molar-refractivity contribution in [1.29, 1.82) is 0 Å². The Labute approximate surface area is 133 Å². The summed E-state index contributed by atoms with van der Waals surface area (Å²) in [5.74, 6) is 0.786. The van der Waals surface area contributed by atoms with Gasteiger partial charge >= 0.3 is 6.03 Å². The smallest absolute Gasteiger partial charge is 0.321 e. The number of urea groups is 1. The number of rotatable bonds is 5. The predicted octanol–water partition coefficient (Wildman–Crippen LogP) is 3.28. The first-order valence-corrected chi connectivity index (χ1v) is 7.45. The first-order chi connectivity index (χ1) is 11.3. The number of aryl methyl sites for hydroxylation is 1. The van der Waals surface area contributed by atoms with Crippen LogP contribution in [-0.2, 0) is 6.42 Å². The minimum Gasteiger partial charge on any atom is -0.473 e. The molecule has 2 amide bonds. The SMILES string of the molecule is CCc1ccccc1OCNC(=O)Nc1ccc2cn[nH]c2c1. The molecule has 0 aliphatic carbocycles. The number of hydrogen-bond donors (Lipinski definition) is 3. The van der Waals surface area contributed by atoms with Crippen molar-refractivity contribution in [2.45, 2.75) is 13.3 Å². The molecule has 1 aromatic heterocycles. The van der Waals surface area contributed by atoms with Crippen molar-refractivity contribution in [2.75, 3.05) is 12.0 Å². The van der Waals surface area contributed by atoms with Crippen LogP contribution < -0.4 is 15.4 Å². The molecule has 6 heteroatoms. The van der Waals surface area contributed by atoms with Crippen LogP contribution in [0.25, 0.3) is 10.9 Å². The number of amides is 2. The molecule has 2 aromatic carbocycles. The number of aromatic amines is 1. The first kappa shape index (κ1) is 14.9. The molecule has 0 unspecified atom stereocenters. The highest BCUT2D eigenvalue weighted by atomic mass is 16.5. The number of carbonyl (C=O) groups excluding carboxylic acids is 1. The van der Waals surface area contributed by atoms with E-state index in [1.807, 2.05) is 42.5 Å². The van der Waals surface area contributed by atoms with Crippen LogP contribution in [0.1, 0.15) is 12.5 Å². The summed E-state index contributed by atoms with van der Waals surface area (Å²) in [6, 6.07) is 13.0. The van der Waals surface area contributed by atoms with E-state index >= 15 is 0 Å². The minimum absolute atomic E-state index is 0.106. The van der Waals surface area contributed by atoms with E-state index in [1.165, 1.54) is 0 Å². The van der Waals surface area contributed by atoms with Crippen LogP contribution in [-0.4, -0.2) is 23.0 Å².